The summed E-state index contributed by atoms with van der Waals surface area (Å²) >= 11 is 3.34. The zero-order valence-electron chi connectivity index (χ0n) is 19.4. The smallest absolute Gasteiger partial charge is 0.244 e. The molecule has 1 N–H and O–H groups in total. The molecule has 2 amide bonds. The SMILES string of the molecule is CC[C@H](C)NC(=O)[C@H](C)N(Cc1ccc(Br)cc1)C(=O)CN(c1ccc(F)c(F)c1)S(C)(=O)=O. The largest absolute Gasteiger partial charge is 0.352 e. The summed E-state index contributed by atoms with van der Waals surface area (Å²) in [5.74, 6) is -3.45. The Morgan fingerprint density at radius 2 is 1.68 bits per heavy atom. The lowest BCUT2D eigenvalue weighted by Gasteiger charge is -2.32. The number of hydrogen-bond donors (Lipinski definition) is 1. The molecule has 11 heteroatoms. The Bertz CT molecular complexity index is 1130. The molecule has 0 aliphatic rings. The molecule has 34 heavy (non-hydrogen) atoms. The highest BCUT2D eigenvalue weighted by Crippen LogP contribution is 2.22. The van der Waals surface area contributed by atoms with Crippen LogP contribution < -0.4 is 9.62 Å². The average Bonchev–Trinajstić information content (AvgIpc) is 2.77. The fraction of sp³-hybridized carbons (Fsp3) is 0.391. The van der Waals surface area contributed by atoms with E-state index in [-0.39, 0.29) is 18.3 Å². The molecule has 0 unspecified atom stereocenters. The molecule has 0 aromatic heterocycles. The molecule has 0 saturated carbocycles. The number of amides is 2. The van der Waals surface area contributed by atoms with Gasteiger partial charge < -0.3 is 10.2 Å². The van der Waals surface area contributed by atoms with Crippen LogP contribution in [0.4, 0.5) is 14.5 Å². The molecular weight excluding hydrogens is 532 g/mol. The van der Waals surface area contributed by atoms with Crippen LogP contribution in [-0.2, 0) is 26.2 Å². The van der Waals surface area contributed by atoms with E-state index in [1.165, 1.54) is 4.90 Å². The van der Waals surface area contributed by atoms with E-state index >= 15 is 0 Å². The summed E-state index contributed by atoms with van der Waals surface area (Å²) < 4.78 is 53.5. The van der Waals surface area contributed by atoms with E-state index < -0.39 is 46.1 Å². The second-order valence-electron chi connectivity index (χ2n) is 8.01. The van der Waals surface area contributed by atoms with Gasteiger partial charge in [0.2, 0.25) is 21.8 Å². The fourth-order valence-corrected chi connectivity index (χ4v) is 4.19. The maximum absolute atomic E-state index is 13.8. The predicted octanol–water partition coefficient (Wildman–Crippen LogP) is 3.83. The first-order chi connectivity index (χ1) is 15.8. The van der Waals surface area contributed by atoms with Gasteiger partial charge in [-0.15, -0.1) is 0 Å². The number of nitrogens with one attached hydrogen (secondary N) is 1. The van der Waals surface area contributed by atoms with Crippen LogP contribution in [0, 0.1) is 11.6 Å². The van der Waals surface area contributed by atoms with E-state index in [1.54, 1.807) is 31.2 Å². The second kappa shape index (κ2) is 11.7. The highest BCUT2D eigenvalue weighted by Gasteiger charge is 2.30. The van der Waals surface area contributed by atoms with Crippen molar-refractivity contribution < 1.29 is 26.8 Å². The minimum Gasteiger partial charge on any atom is -0.352 e. The van der Waals surface area contributed by atoms with Gasteiger partial charge in [0.25, 0.3) is 0 Å². The van der Waals surface area contributed by atoms with Gasteiger partial charge in [0.15, 0.2) is 11.6 Å². The number of carbonyl (C=O) groups excluding carboxylic acids is 2. The van der Waals surface area contributed by atoms with Crippen LogP contribution in [0.5, 0.6) is 0 Å². The Kier molecular flexibility index (Phi) is 9.57. The Morgan fingerprint density at radius 1 is 1.06 bits per heavy atom. The molecule has 0 spiro atoms. The number of rotatable bonds is 10. The summed E-state index contributed by atoms with van der Waals surface area (Å²) in [6.07, 6.45) is 1.55. The van der Waals surface area contributed by atoms with Gasteiger partial charge >= 0.3 is 0 Å². The third kappa shape index (κ3) is 7.49. The van der Waals surface area contributed by atoms with Crippen LogP contribution in [0.25, 0.3) is 0 Å². The average molecular weight is 560 g/mol. The van der Waals surface area contributed by atoms with Crippen LogP contribution in [0.2, 0.25) is 0 Å². The zero-order chi connectivity index (χ0) is 25.6. The summed E-state index contributed by atoms with van der Waals surface area (Å²) in [7, 11) is -4.03. The summed E-state index contributed by atoms with van der Waals surface area (Å²) in [6.45, 7) is 4.64. The summed E-state index contributed by atoms with van der Waals surface area (Å²) in [5, 5.41) is 2.83. The molecule has 0 bridgehead atoms. The van der Waals surface area contributed by atoms with Gasteiger partial charge in [0.1, 0.15) is 12.6 Å². The van der Waals surface area contributed by atoms with Gasteiger partial charge in [0.05, 0.1) is 11.9 Å². The zero-order valence-corrected chi connectivity index (χ0v) is 21.8. The monoisotopic (exact) mass is 559 g/mol. The van der Waals surface area contributed by atoms with Crippen molar-refractivity contribution in [3.8, 4) is 0 Å². The van der Waals surface area contributed by atoms with E-state index in [4.69, 9.17) is 0 Å². The normalized spacial score (nSPS) is 13.1. The van der Waals surface area contributed by atoms with Crippen LogP contribution >= 0.6 is 15.9 Å². The van der Waals surface area contributed by atoms with Gasteiger partial charge in [-0.25, -0.2) is 17.2 Å². The van der Waals surface area contributed by atoms with Crippen molar-refractivity contribution in [3.05, 3.63) is 64.1 Å². The van der Waals surface area contributed by atoms with Crippen LogP contribution in [-0.4, -0.2) is 50.0 Å². The topological polar surface area (TPSA) is 86.8 Å². The minimum atomic E-state index is -4.03. The van der Waals surface area contributed by atoms with Crippen molar-refractivity contribution in [2.24, 2.45) is 0 Å². The molecule has 0 heterocycles. The Morgan fingerprint density at radius 3 is 2.21 bits per heavy atom. The van der Waals surface area contributed by atoms with Crippen molar-refractivity contribution in [1.29, 1.82) is 0 Å². The van der Waals surface area contributed by atoms with E-state index in [1.807, 2.05) is 13.8 Å². The fourth-order valence-electron chi connectivity index (χ4n) is 3.09. The Balaban J connectivity index is 2.39. The van der Waals surface area contributed by atoms with Crippen LogP contribution in [0.15, 0.2) is 46.9 Å². The number of carbonyl (C=O) groups is 2. The molecule has 0 aliphatic carbocycles. The maximum atomic E-state index is 13.8. The molecule has 2 atom stereocenters. The highest BCUT2D eigenvalue weighted by atomic mass is 79.9. The number of anilines is 1. The van der Waals surface area contributed by atoms with E-state index in [9.17, 15) is 26.8 Å². The number of nitrogens with zero attached hydrogens (tertiary/aromatic N) is 2. The lowest BCUT2D eigenvalue weighted by molar-refractivity contribution is -0.139. The standard InChI is InChI=1S/C23H28BrF2N3O4S/c1-5-15(2)27-23(31)16(3)28(13-17-6-8-18(24)9-7-17)22(30)14-29(34(4,32)33)19-10-11-20(25)21(26)12-19/h6-12,15-16H,5,13-14H2,1-4H3,(H,27,31)/t15-,16-/m0/s1. The molecule has 0 fully saturated rings. The molecule has 2 rings (SSSR count). The van der Waals surface area contributed by atoms with Crippen molar-refractivity contribution >= 4 is 43.5 Å². The third-order valence-electron chi connectivity index (χ3n) is 5.30. The van der Waals surface area contributed by atoms with Gasteiger partial charge in [-0.3, -0.25) is 13.9 Å². The van der Waals surface area contributed by atoms with Crippen LogP contribution in [0.1, 0.15) is 32.8 Å². The predicted molar refractivity (Wildman–Crippen MR) is 131 cm³/mol. The molecule has 2 aromatic carbocycles. The van der Waals surface area contributed by atoms with Gasteiger partial charge in [-0.2, -0.15) is 0 Å². The van der Waals surface area contributed by atoms with Gasteiger partial charge in [-0.05, 0) is 50.1 Å². The molecule has 2 aromatic rings. The number of sulfonamides is 1. The summed E-state index contributed by atoms with van der Waals surface area (Å²) in [5.41, 5.74) is 0.522. The molecule has 0 aliphatic heterocycles. The third-order valence-corrected chi connectivity index (χ3v) is 6.97. The minimum absolute atomic E-state index is 0.0383. The van der Waals surface area contributed by atoms with Crippen molar-refractivity contribution in [2.45, 2.75) is 45.8 Å². The molecule has 0 saturated heterocycles. The van der Waals surface area contributed by atoms with Gasteiger partial charge in [-0.1, -0.05) is 35.0 Å². The Hall–Kier alpha value is -2.53. The van der Waals surface area contributed by atoms with Crippen molar-refractivity contribution in [2.75, 3.05) is 17.1 Å². The lowest BCUT2D eigenvalue weighted by atomic mass is 10.1. The molecular formula is C23H28BrF2N3O4S. The maximum Gasteiger partial charge on any atom is 0.244 e. The molecule has 0 radical (unpaired) electrons. The molecule has 7 nitrogen and oxygen atoms in total. The highest BCUT2D eigenvalue weighted by molar-refractivity contribution is 9.10. The summed E-state index contributed by atoms with van der Waals surface area (Å²) in [4.78, 5) is 27.4. The first-order valence-electron chi connectivity index (χ1n) is 10.6. The Labute approximate surface area is 207 Å². The quantitative estimate of drug-likeness (QED) is 0.479. The first-order valence-corrected chi connectivity index (χ1v) is 13.2. The van der Waals surface area contributed by atoms with E-state index in [0.717, 1.165) is 28.4 Å². The van der Waals surface area contributed by atoms with Gasteiger partial charge in [0, 0.05) is 23.1 Å². The first kappa shape index (κ1) is 27.7. The lowest BCUT2D eigenvalue weighted by Crippen LogP contribution is -2.52. The van der Waals surface area contributed by atoms with E-state index in [2.05, 4.69) is 21.2 Å². The van der Waals surface area contributed by atoms with Crippen molar-refractivity contribution in [1.82, 2.24) is 10.2 Å². The van der Waals surface area contributed by atoms with E-state index in [0.29, 0.717) is 16.8 Å². The summed E-state index contributed by atoms with van der Waals surface area (Å²) in [6, 6.07) is 8.64. The number of benzene rings is 2. The second-order valence-corrected chi connectivity index (χ2v) is 10.8. The van der Waals surface area contributed by atoms with Crippen molar-refractivity contribution in [3.63, 3.8) is 0 Å². The van der Waals surface area contributed by atoms with Crippen LogP contribution in [0.3, 0.4) is 0 Å². The number of hydrogen-bond acceptors (Lipinski definition) is 4. The molecule has 186 valence electrons. The number of halogens is 3.